The van der Waals surface area contributed by atoms with Crippen LogP contribution in [0.4, 0.5) is 28.8 Å². The number of aryl methyl sites for hydroxylation is 2. The average Bonchev–Trinajstić information content (AvgIpc) is 2.77. The fraction of sp³-hybridized carbons (Fsp3) is 0.0833. The SMILES string of the molecule is Cc1ccc(Nc2cc(C)nc(Nc3ccc(NS(=O)(=O)c4ccccc4)cc3)n2)cc1. The number of nitrogens with zero attached hydrogens (tertiary/aromatic N) is 2. The van der Waals surface area contributed by atoms with Crippen molar-refractivity contribution in [2.75, 3.05) is 15.4 Å². The number of anilines is 5. The largest absolute Gasteiger partial charge is 0.340 e. The normalized spacial score (nSPS) is 11.1. The van der Waals surface area contributed by atoms with Gasteiger partial charge < -0.3 is 10.6 Å². The first-order chi connectivity index (χ1) is 15.4. The van der Waals surface area contributed by atoms with Crippen LogP contribution in [0.15, 0.2) is 89.8 Å². The van der Waals surface area contributed by atoms with Crippen LogP contribution in [0.25, 0.3) is 0 Å². The van der Waals surface area contributed by atoms with Crippen molar-refractivity contribution in [3.63, 3.8) is 0 Å². The highest BCUT2D eigenvalue weighted by atomic mass is 32.2. The summed E-state index contributed by atoms with van der Waals surface area (Å²) in [7, 11) is -3.63. The molecule has 4 rings (SSSR count). The van der Waals surface area contributed by atoms with Crippen molar-refractivity contribution < 1.29 is 8.42 Å². The topological polar surface area (TPSA) is 96.0 Å². The molecule has 0 aliphatic rings. The number of sulfonamides is 1. The molecule has 0 fully saturated rings. The van der Waals surface area contributed by atoms with E-state index in [2.05, 4.69) is 25.3 Å². The zero-order valence-electron chi connectivity index (χ0n) is 17.7. The molecule has 0 unspecified atom stereocenters. The Bertz CT molecular complexity index is 1310. The lowest BCUT2D eigenvalue weighted by Crippen LogP contribution is -2.12. The lowest BCUT2D eigenvalue weighted by molar-refractivity contribution is 0.601. The van der Waals surface area contributed by atoms with E-state index < -0.39 is 10.0 Å². The molecule has 8 heteroatoms. The van der Waals surface area contributed by atoms with Gasteiger partial charge in [-0.25, -0.2) is 13.4 Å². The van der Waals surface area contributed by atoms with Gasteiger partial charge in [0.2, 0.25) is 5.95 Å². The molecular formula is C24H23N5O2S. The second-order valence-electron chi connectivity index (χ2n) is 7.33. The highest BCUT2D eigenvalue weighted by molar-refractivity contribution is 7.92. The fourth-order valence-electron chi connectivity index (χ4n) is 3.04. The van der Waals surface area contributed by atoms with Gasteiger partial charge in [0.25, 0.3) is 10.0 Å². The number of benzene rings is 3. The predicted octanol–water partition coefficient (Wildman–Crippen LogP) is 5.38. The molecule has 1 aromatic heterocycles. The van der Waals surface area contributed by atoms with E-state index >= 15 is 0 Å². The first-order valence-corrected chi connectivity index (χ1v) is 11.5. The molecule has 0 amide bonds. The van der Waals surface area contributed by atoms with E-state index in [0.29, 0.717) is 17.5 Å². The lowest BCUT2D eigenvalue weighted by atomic mass is 10.2. The summed E-state index contributed by atoms with van der Waals surface area (Å²) in [5.74, 6) is 1.12. The molecular weight excluding hydrogens is 422 g/mol. The maximum Gasteiger partial charge on any atom is 0.261 e. The van der Waals surface area contributed by atoms with Crippen LogP contribution in [0.2, 0.25) is 0 Å². The van der Waals surface area contributed by atoms with E-state index in [-0.39, 0.29) is 4.90 Å². The van der Waals surface area contributed by atoms with E-state index in [9.17, 15) is 8.42 Å². The van der Waals surface area contributed by atoms with Gasteiger partial charge in [0.05, 0.1) is 4.90 Å². The molecule has 162 valence electrons. The van der Waals surface area contributed by atoms with Gasteiger partial charge in [-0.2, -0.15) is 4.98 Å². The van der Waals surface area contributed by atoms with Crippen molar-refractivity contribution in [1.29, 1.82) is 0 Å². The minimum atomic E-state index is -3.63. The van der Waals surface area contributed by atoms with Crippen molar-refractivity contribution in [3.8, 4) is 0 Å². The van der Waals surface area contributed by atoms with Gasteiger partial charge >= 0.3 is 0 Å². The Morgan fingerprint density at radius 1 is 0.688 bits per heavy atom. The van der Waals surface area contributed by atoms with Gasteiger partial charge in [0.1, 0.15) is 5.82 Å². The van der Waals surface area contributed by atoms with E-state index in [1.54, 1.807) is 54.6 Å². The summed E-state index contributed by atoms with van der Waals surface area (Å²) in [6.45, 7) is 3.94. The average molecular weight is 446 g/mol. The number of hydrogen-bond donors (Lipinski definition) is 3. The summed E-state index contributed by atoms with van der Waals surface area (Å²) >= 11 is 0. The van der Waals surface area contributed by atoms with Crippen molar-refractivity contribution in [3.05, 3.63) is 96.2 Å². The fourth-order valence-corrected chi connectivity index (χ4v) is 4.12. The van der Waals surface area contributed by atoms with Crippen molar-refractivity contribution in [2.45, 2.75) is 18.7 Å². The first kappa shape index (κ1) is 21.3. The molecule has 7 nitrogen and oxygen atoms in total. The van der Waals surface area contributed by atoms with Gasteiger partial charge in [-0.1, -0.05) is 35.9 Å². The molecule has 0 saturated heterocycles. The van der Waals surface area contributed by atoms with Crippen LogP contribution in [0.1, 0.15) is 11.3 Å². The maximum absolute atomic E-state index is 12.5. The van der Waals surface area contributed by atoms with E-state index in [4.69, 9.17) is 0 Å². The van der Waals surface area contributed by atoms with Crippen LogP contribution in [0.3, 0.4) is 0 Å². The molecule has 0 aliphatic heterocycles. The summed E-state index contributed by atoms with van der Waals surface area (Å²) in [5, 5.41) is 6.44. The highest BCUT2D eigenvalue weighted by Gasteiger charge is 2.13. The van der Waals surface area contributed by atoms with Crippen molar-refractivity contribution in [2.24, 2.45) is 0 Å². The summed E-state index contributed by atoms with van der Waals surface area (Å²) in [4.78, 5) is 9.17. The maximum atomic E-state index is 12.5. The Labute approximate surface area is 187 Å². The number of aromatic nitrogens is 2. The van der Waals surface area contributed by atoms with E-state index in [1.165, 1.54) is 5.56 Å². The number of rotatable bonds is 7. The van der Waals surface area contributed by atoms with Crippen LogP contribution in [-0.2, 0) is 10.0 Å². The van der Waals surface area contributed by atoms with Crippen molar-refractivity contribution >= 4 is 38.9 Å². The third-order valence-corrected chi connectivity index (χ3v) is 6.02. The summed E-state index contributed by atoms with van der Waals surface area (Å²) < 4.78 is 27.5. The molecule has 32 heavy (non-hydrogen) atoms. The van der Waals surface area contributed by atoms with E-state index in [1.807, 2.05) is 44.2 Å². The smallest absolute Gasteiger partial charge is 0.261 e. The minimum Gasteiger partial charge on any atom is -0.340 e. The lowest BCUT2D eigenvalue weighted by Gasteiger charge is -2.11. The van der Waals surface area contributed by atoms with E-state index in [0.717, 1.165) is 17.1 Å². The molecule has 0 bridgehead atoms. The molecule has 1 heterocycles. The first-order valence-electron chi connectivity index (χ1n) is 10.0. The minimum absolute atomic E-state index is 0.212. The molecule has 0 aliphatic carbocycles. The zero-order valence-corrected chi connectivity index (χ0v) is 18.5. The highest BCUT2D eigenvalue weighted by Crippen LogP contribution is 2.22. The number of nitrogens with one attached hydrogen (secondary N) is 3. The quantitative estimate of drug-likeness (QED) is 0.353. The Balaban J connectivity index is 1.46. The van der Waals surface area contributed by atoms with Crippen LogP contribution < -0.4 is 15.4 Å². The molecule has 3 aromatic carbocycles. The van der Waals surface area contributed by atoms with Gasteiger partial charge in [-0.3, -0.25) is 4.72 Å². The molecule has 3 N–H and O–H groups in total. The summed E-state index contributed by atoms with van der Waals surface area (Å²) in [5.41, 5.74) is 4.14. The summed E-state index contributed by atoms with van der Waals surface area (Å²) in [6, 6.07) is 25.1. The van der Waals surface area contributed by atoms with Crippen LogP contribution >= 0.6 is 0 Å². The van der Waals surface area contributed by atoms with Gasteiger partial charge in [0, 0.05) is 28.8 Å². The molecule has 0 radical (unpaired) electrons. The van der Waals surface area contributed by atoms with Crippen LogP contribution in [-0.4, -0.2) is 18.4 Å². The van der Waals surface area contributed by atoms with Gasteiger partial charge in [0.15, 0.2) is 0 Å². The molecule has 0 saturated carbocycles. The Morgan fingerprint density at radius 3 is 1.97 bits per heavy atom. The standard InChI is InChI=1S/C24H23N5O2S/c1-17-8-10-19(11-9-17)26-23-16-18(2)25-24(28-23)27-20-12-14-21(15-13-20)29-32(30,31)22-6-4-3-5-7-22/h3-16,29H,1-2H3,(H2,25,26,27,28). The van der Waals surface area contributed by atoms with Crippen molar-refractivity contribution in [1.82, 2.24) is 9.97 Å². The Kier molecular flexibility index (Phi) is 6.04. The number of hydrogen-bond acceptors (Lipinski definition) is 6. The molecule has 4 aromatic rings. The van der Waals surface area contributed by atoms with Gasteiger partial charge in [-0.05, 0) is 62.4 Å². The third-order valence-electron chi connectivity index (χ3n) is 4.62. The molecule has 0 spiro atoms. The summed E-state index contributed by atoms with van der Waals surface area (Å²) in [6.07, 6.45) is 0. The van der Waals surface area contributed by atoms with Crippen LogP contribution in [0.5, 0.6) is 0 Å². The van der Waals surface area contributed by atoms with Crippen LogP contribution in [0, 0.1) is 13.8 Å². The third kappa shape index (κ3) is 5.41. The van der Waals surface area contributed by atoms with Gasteiger partial charge in [-0.15, -0.1) is 0 Å². The second-order valence-corrected chi connectivity index (χ2v) is 9.01. The zero-order chi connectivity index (χ0) is 22.6. The second kappa shape index (κ2) is 9.07. The molecule has 0 atom stereocenters. The Morgan fingerprint density at radius 2 is 1.28 bits per heavy atom. The monoisotopic (exact) mass is 445 g/mol. The Hall–Kier alpha value is -3.91. The predicted molar refractivity (Wildman–Crippen MR) is 128 cm³/mol.